The standard InChI is InChI=1S/C13H17N3O3/c1-3-7-14-12(17)13(18)16-15-9-10-5-4-6-11(8-10)19-2/h4-6,8-9H,3,7H2,1-2H3,(H,14,17)(H,16,18)/b15-9-. The van der Waals surface area contributed by atoms with Gasteiger partial charge in [-0.3, -0.25) is 9.59 Å². The predicted octanol–water partition coefficient (Wildman–Crippen LogP) is 0.672. The summed E-state index contributed by atoms with van der Waals surface area (Å²) in [5.41, 5.74) is 2.91. The van der Waals surface area contributed by atoms with Crippen LogP contribution in [0.4, 0.5) is 0 Å². The van der Waals surface area contributed by atoms with Crippen LogP contribution < -0.4 is 15.5 Å². The molecular formula is C13H17N3O3. The first kappa shape index (κ1) is 14.7. The van der Waals surface area contributed by atoms with Crippen LogP contribution in [-0.2, 0) is 9.59 Å². The SMILES string of the molecule is CCCNC(=O)C(=O)N/N=C\c1cccc(OC)c1. The van der Waals surface area contributed by atoms with Gasteiger partial charge < -0.3 is 10.1 Å². The van der Waals surface area contributed by atoms with Gasteiger partial charge in [0.2, 0.25) is 0 Å². The van der Waals surface area contributed by atoms with Crippen LogP contribution in [0.15, 0.2) is 29.4 Å². The molecule has 102 valence electrons. The van der Waals surface area contributed by atoms with E-state index in [-0.39, 0.29) is 0 Å². The Morgan fingerprint density at radius 1 is 1.37 bits per heavy atom. The monoisotopic (exact) mass is 263 g/mol. The van der Waals surface area contributed by atoms with E-state index < -0.39 is 11.8 Å². The van der Waals surface area contributed by atoms with Gasteiger partial charge in [-0.25, -0.2) is 5.43 Å². The summed E-state index contributed by atoms with van der Waals surface area (Å²) in [4.78, 5) is 22.5. The number of ether oxygens (including phenoxy) is 1. The second-order valence-electron chi connectivity index (χ2n) is 3.73. The largest absolute Gasteiger partial charge is 0.497 e. The van der Waals surface area contributed by atoms with Crippen LogP contribution in [-0.4, -0.2) is 31.7 Å². The second kappa shape index (κ2) is 7.86. The number of methoxy groups -OCH3 is 1. The van der Waals surface area contributed by atoms with Crippen molar-refractivity contribution in [2.75, 3.05) is 13.7 Å². The van der Waals surface area contributed by atoms with Crippen LogP contribution in [0.25, 0.3) is 0 Å². The Bertz CT molecular complexity index is 472. The van der Waals surface area contributed by atoms with E-state index in [1.807, 2.05) is 6.92 Å². The number of rotatable bonds is 5. The number of hydrogen-bond acceptors (Lipinski definition) is 4. The van der Waals surface area contributed by atoms with E-state index in [0.717, 1.165) is 12.0 Å². The zero-order valence-corrected chi connectivity index (χ0v) is 11.0. The third kappa shape index (κ3) is 5.20. The Kier molecular flexibility index (Phi) is 6.08. The Labute approximate surface area is 111 Å². The minimum absolute atomic E-state index is 0.464. The molecule has 19 heavy (non-hydrogen) atoms. The first-order valence-electron chi connectivity index (χ1n) is 5.92. The maximum Gasteiger partial charge on any atom is 0.329 e. The van der Waals surface area contributed by atoms with Crippen molar-refractivity contribution in [1.82, 2.24) is 10.7 Å². The predicted molar refractivity (Wildman–Crippen MR) is 72.0 cm³/mol. The highest BCUT2D eigenvalue weighted by Gasteiger charge is 2.10. The van der Waals surface area contributed by atoms with Crippen molar-refractivity contribution in [3.63, 3.8) is 0 Å². The topological polar surface area (TPSA) is 79.8 Å². The summed E-state index contributed by atoms with van der Waals surface area (Å²) < 4.78 is 5.05. The number of amides is 2. The number of hydrogen-bond donors (Lipinski definition) is 2. The molecule has 0 spiro atoms. The Hall–Kier alpha value is -2.37. The van der Waals surface area contributed by atoms with E-state index >= 15 is 0 Å². The van der Waals surface area contributed by atoms with Gasteiger partial charge in [-0.15, -0.1) is 0 Å². The number of carbonyl (C=O) groups excluding carboxylic acids is 2. The average Bonchev–Trinajstić information content (AvgIpc) is 2.44. The lowest BCUT2D eigenvalue weighted by molar-refractivity contribution is -0.139. The van der Waals surface area contributed by atoms with E-state index in [1.165, 1.54) is 6.21 Å². The van der Waals surface area contributed by atoms with Gasteiger partial charge in [0, 0.05) is 6.54 Å². The van der Waals surface area contributed by atoms with E-state index in [9.17, 15) is 9.59 Å². The maximum atomic E-state index is 11.3. The zero-order chi connectivity index (χ0) is 14.1. The minimum atomic E-state index is -0.785. The molecule has 0 saturated heterocycles. The summed E-state index contributed by atoms with van der Waals surface area (Å²) in [6.45, 7) is 2.37. The van der Waals surface area contributed by atoms with Crippen LogP contribution in [0, 0.1) is 0 Å². The lowest BCUT2D eigenvalue weighted by atomic mass is 10.2. The van der Waals surface area contributed by atoms with Crippen molar-refractivity contribution >= 4 is 18.0 Å². The van der Waals surface area contributed by atoms with Gasteiger partial charge in [0.25, 0.3) is 0 Å². The van der Waals surface area contributed by atoms with E-state index in [2.05, 4.69) is 15.8 Å². The highest BCUT2D eigenvalue weighted by atomic mass is 16.5. The van der Waals surface area contributed by atoms with Crippen LogP contribution in [0.3, 0.4) is 0 Å². The number of nitrogens with one attached hydrogen (secondary N) is 2. The molecular weight excluding hydrogens is 246 g/mol. The molecule has 2 amide bonds. The van der Waals surface area contributed by atoms with Gasteiger partial charge in [0.05, 0.1) is 13.3 Å². The van der Waals surface area contributed by atoms with E-state index in [4.69, 9.17) is 4.74 Å². The molecule has 0 atom stereocenters. The second-order valence-corrected chi connectivity index (χ2v) is 3.73. The molecule has 1 aromatic rings. The first-order chi connectivity index (χ1) is 9.17. The third-order valence-corrected chi connectivity index (χ3v) is 2.22. The van der Waals surface area contributed by atoms with Crippen molar-refractivity contribution in [2.24, 2.45) is 5.10 Å². The molecule has 0 fully saturated rings. The highest BCUT2D eigenvalue weighted by molar-refractivity contribution is 6.35. The molecule has 0 aromatic heterocycles. The van der Waals surface area contributed by atoms with Gasteiger partial charge in [-0.05, 0) is 24.1 Å². The van der Waals surface area contributed by atoms with Crippen molar-refractivity contribution in [2.45, 2.75) is 13.3 Å². The molecule has 0 saturated carbocycles. The number of nitrogens with zero attached hydrogens (tertiary/aromatic N) is 1. The summed E-state index contributed by atoms with van der Waals surface area (Å²) in [7, 11) is 1.57. The molecule has 0 aliphatic rings. The maximum absolute atomic E-state index is 11.3. The number of hydrazone groups is 1. The van der Waals surface area contributed by atoms with Crippen LogP contribution >= 0.6 is 0 Å². The molecule has 0 radical (unpaired) electrons. The van der Waals surface area contributed by atoms with Gasteiger partial charge in [0.15, 0.2) is 0 Å². The highest BCUT2D eigenvalue weighted by Crippen LogP contribution is 2.10. The van der Waals surface area contributed by atoms with Crippen LogP contribution in [0.2, 0.25) is 0 Å². The van der Waals surface area contributed by atoms with E-state index in [0.29, 0.717) is 12.3 Å². The molecule has 1 aromatic carbocycles. The molecule has 0 heterocycles. The molecule has 0 aliphatic heterocycles. The number of carbonyl (C=O) groups is 2. The summed E-state index contributed by atoms with van der Waals surface area (Å²) in [6, 6.07) is 7.16. The van der Waals surface area contributed by atoms with Crippen molar-refractivity contribution < 1.29 is 14.3 Å². The molecule has 2 N–H and O–H groups in total. The molecule has 1 rings (SSSR count). The molecule has 6 heteroatoms. The van der Waals surface area contributed by atoms with Crippen molar-refractivity contribution in [1.29, 1.82) is 0 Å². The smallest absolute Gasteiger partial charge is 0.329 e. The Morgan fingerprint density at radius 2 is 2.16 bits per heavy atom. The van der Waals surface area contributed by atoms with Gasteiger partial charge in [-0.2, -0.15) is 5.10 Å². The van der Waals surface area contributed by atoms with Gasteiger partial charge >= 0.3 is 11.8 Å². The number of benzene rings is 1. The molecule has 0 bridgehead atoms. The van der Waals surface area contributed by atoms with Crippen LogP contribution in [0.1, 0.15) is 18.9 Å². The Balaban J connectivity index is 2.48. The quantitative estimate of drug-likeness (QED) is 0.465. The van der Waals surface area contributed by atoms with Crippen molar-refractivity contribution in [3.8, 4) is 5.75 Å². The van der Waals surface area contributed by atoms with Crippen LogP contribution in [0.5, 0.6) is 5.75 Å². The third-order valence-electron chi connectivity index (χ3n) is 2.22. The van der Waals surface area contributed by atoms with E-state index in [1.54, 1.807) is 31.4 Å². The summed E-state index contributed by atoms with van der Waals surface area (Å²) in [6.07, 6.45) is 2.21. The molecule has 0 unspecified atom stereocenters. The lowest BCUT2D eigenvalue weighted by Crippen LogP contribution is -2.38. The molecule has 6 nitrogen and oxygen atoms in total. The summed E-state index contributed by atoms with van der Waals surface area (Å²) >= 11 is 0. The van der Waals surface area contributed by atoms with Gasteiger partial charge in [-0.1, -0.05) is 19.1 Å². The first-order valence-corrected chi connectivity index (χ1v) is 5.92. The summed E-state index contributed by atoms with van der Waals surface area (Å²) in [5, 5.41) is 6.16. The Morgan fingerprint density at radius 3 is 2.84 bits per heavy atom. The van der Waals surface area contributed by atoms with Crippen molar-refractivity contribution in [3.05, 3.63) is 29.8 Å². The average molecular weight is 263 g/mol. The minimum Gasteiger partial charge on any atom is -0.497 e. The zero-order valence-electron chi connectivity index (χ0n) is 11.0. The fourth-order valence-corrected chi connectivity index (χ4v) is 1.26. The fraction of sp³-hybridized carbons (Fsp3) is 0.308. The fourth-order valence-electron chi connectivity index (χ4n) is 1.26. The normalized spacial score (nSPS) is 10.2. The van der Waals surface area contributed by atoms with Gasteiger partial charge in [0.1, 0.15) is 5.75 Å². The summed E-state index contributed by atoms with van der Waals surface area (Å²) in [5.74, 6) is -0.784. The lowest BCUT2D eigenvalue weighted by Gasteiger charge is -2.01. The molecule has 0 aliphatic carbocycles.